The lowest BCUT2D eigenvalue weighted by Crippen LogP contribution is -2.24. The summed E-state index contributed by atoms with van der Waals surface area (Å²) in [6.07, 6.45) is -4.60. The molecule has 0 spiro atoms. The average molecular weight is 221 g/mol. The van der Waals surface area contributed by atoms with Crippen LogP contribution in [0.15, 0.2) is 29.2 Å². The summed E-state index contributed by atoms with van der Waals surface area (Å²) < 4.78 is 39.4. The molecular formula is C8H6F3NOS. The topological polar surface area (TPSA) is 21.3 Å². The summed E-state index contributed by atoms with van der Waals surface area (Å²) in [5.41, 5.74) is -0.404. The van der Waals surface area contributed by atoms with Gasteiger partial charge < -0.3 is 5.32 Å². The Balaban J connectivity index is 2.05. The predicted octanol–water partition coefficient (Wildman–Crippen LogP) is 3.02. The minimum absolute atomic E-state index is 0.673. The van der Waals surface area contributed by atoms with Gasteiger partial charge in [-0.3, -0.25) is 4.74 Å². The van der Waals surface area contributed by atoms with Gasteiger partial charge in [0.2, 0.25) is 0 Å². The molecule has 1 atom stereocenters. The third-order valence-electron chi connectivity index (χ3n) is 1.64. The lowest BCUT2D eigenvalue weighted by molar-refractivity contribution is -0.327. The second-order valence-corrected chi connectivity index (χ2v) is 3.76. The second kappa shape index (κ2) is 3.36. The van der Waals surface area contributed by atoms with Crippen LogP contribution in [0.5, 0.6) is 0 Å². The van der Waals surface area contributed by atoms with Gasteiger partial charge >= 0.3 is 6.36 Å². The smallest absolute Gasteiger partial charge is 0.350 e. The first-order valence-corrected chi connectivity index (χ1v) is 4.69. The fraction of sp³-hybridized carbons (Fsp3) is 0.250. The molecule has 14 heavy (non-hydrogen) atoms. The van der Waals surface area contributed by atoms with Gasteiger partial charge in [0.1, 0.15) is 0 Å². The summed E-state index contributed by atoms with van der Waals surface area (Å²) in [6.45, 7) is 0. The molecule has 0 amide bonds. The maximum absolute atomic E-state index is 11.9. The van der Waals surface area contributed by atoms with Crippen LogP contribution in [0.2, 0.25) is 0 Å². The number of fused-ring (bicyclic) bond motifs is 1. The highest BCUT2D eigenvalue weighted by molar-refractivity contribution is 8.00. The van der Waals surface area contributed by atoms with Crippen molar-refractivity contribution in [3.63, 3.8) is 0 Å². The van der Waals surface area contributed by atoms with Crippen molar-refractivity contribution in [2.75, 3.05) is 5.32 Å². The molecule has 1 heterocycles. The monoisotopic (exact) mass is 221 g/mol. The van der Waals surface area contributed by atoms with E-state index < -0.39 is 11.9 Å². The zero-order valence-electron chi connectivity index (χ0n) is 6.84. The number of benzene rings is 1. The summed E-state index contributed by atoms with van der Waals surface area (Å²) in [6, 6.07) is 6.97. The molecule has 1 aromatic carbocycles. The Labute approximate surface area is 82.4 Å². The maximum Gasteiger partial charge on any atom is 0.525 e. The average Bonchev–Trinajstić information content (AvgIpc) is 2.42. The first kappa shape index (κ1) is 9.67. The van der Waals surface area contributed by atoms with Gasteiger partial charge in [-0.15, -0.1) is 13.2 Å². The second-order valence-electron chi connectivity index (χ2n) is 2.65. The van der Waals surface area contributed by atoms with Crippen LogP contribution in [0.3, 0.4) is 0 Å². The molecule has 0 saturated carbocycles. The van der Waals surface area contributed by atoms with Crippen molar-refractivity contribution >= 4 is 17.4 Å². The van der Waals surface area contributed by atoms with Gasteiger partial charge in [-0.2, -0.15) is 0 Å². The Hall–Kier alpha value is -0.880. The van der Waals surface area contributed by atoms with Gasteiger partial charge in [0, 0.05) is 4.90 Å². The molecule has 1 aromatic rings. The number of alkyl halides is 3. The van der Waals surface area contributed by atoms with E-state index in [2.05, 4.69) is 10.1 Å². The van der Waals surface area contributed by atoms with E-state index in [0.717, 1.165) is 16.7 Å². The Morgan fingerprint density at radius 1 is 1.29 bits per heavy atom. The number of anilines is 1. The summed E-state index contributed by atoms with van der Waals surface area (Å²) >= 11 is 1.01. The van der Waals surface area contributed by atoms with Crippen molar-refractivity contribution in [3.05, 3.63) is 24.3 Å². The van der Waals surface area contributed by atoms with E-state index in [4.69, 9.17) is 0 Å². The lowest BCUT2D eigenvalue weighted by Gasteiger charge is -2.13. The van der Waals surface area contributed by atoms with Gasteiger partial charge in [-0.05, 0) is 12.1 Å². The van der Waals surface area contributed by atoms with Crippen LogP contribution < -0.4 is 5.32 Å². The largest absolute Gasteiger partial charge is 0.525 e. The third-order valence-corrected chi connectivity index (χ3v) is 2.67. The molecule has 0 radical (unpaired) electrons. The van der Waals surface area contributed by atoms with Gasteiger partial charge in [0.05, 0.1) is 5.69 Å². The maximum atomic E-state index is 11.9. The first-order valence-electron chi connectivity index (χ1n) is 3.81. The lowest BCUT2D eigenvalue weighted by atomic mass is 10.3. The Bertz CT molecular complexity index is 317. The van der Waals surface area contributed by atoms with E-state index >= 15 is 0 Å². The standard InChI is InChI=1S/C8H6F3NOS/c9-8(10,11)13-7-12-5-3-1-2-4-6(5)14-7/h1-4,7,12H. The minimum Gasteiger partial charge on any atom is -0.350 e. The van der Waals surface area contributed by atoms with Gasteiger partial charge in [-0.25, -0.2) is 0 Å². The Morgan fingerprint density at radius 2 is 2.00 bits per heavy atom. The van der Waals surface area contributed by atoms with Crippen LogP contribution in [0.25, 0.3) is 0 Å². The number of ether oxygens (including phenoxy) is 1. The molecule has 1 unspecified atom stereocenters. The number of rotatable bonds is 1. The molecule has 0 bridgehead atoms. The molecule has 0 fully saturated rings. The fourth-order valence-corrected chi connectivity index (χ4v) is 2.12. The van der Waals surface area contributed by atoms with Crippen LogP contribution in [-0.4, -0.2) is 11.9 Å². The van der Waals surface area contributed by atoms with Crippen molar-refractivity contribution in [2.24, 2.45) is 0 Å². The molecule has 2 rings (SSSR count). The number of thioether (sulfide) groups is 1. The third kappa shape index (κ3) is 2.13. The predicted molar refractivity (Wildman–Crippen MR) is 46.8 cm³/mol. The van der Waals surface area contributed by atoms with Crippen LogP contribution in [0, 0.1) is 0 Å². The van der Waals surface area contributed by atoms with Crippen molar-refractivity contribution in [3.8, 4) is 0 Å². The highest BCUT2D eigenvalue weighted by Gasteiger charge is 2.36. The number of nitrogens with one attached hydrogen (secondary N) is 1. The fourth-order valence-electron chi connectivity index (χ4n) is 1.14. The van der Waals surface area contributed by atoms with Crippen LogP contribution in [0.1, 0.15) is 0 Å². The summed E-state index contributed by atoms with van der Waals surface area (Å²) in [7, 11) is 0. The van der Waals surface area contributed by atoms with Crippen molar-refractivity contribution in [1.82, 2.24) is 0 Å². The number of hydrogen-bond acceptors (Lipinski definition) is 3. The molecular weight excluding hydrogens is 215 g/mol. The zero-order valence-corrected chi connectivity index (χ0v) is 7.65. The normalized spacial score (nSPS) is 20.4. The summed E-state index contributed by atoms with van der Waals surface area (Å²) in [4.78, 5) is 0.766. The molecule has 2 nitrogen and oxygen atoms in total. The number of halogens is 3. The quantitative estimate of drug-likeness (QED) is 0.787. The van der Waals surface area contributed by atoms with Crippen LogP contribution in [-0.2, 0) is 4.74 Å². The highest BCUT2D eigenvalue weighted by Crippen LogP contribution is 2.40. The molecule has 1 aliphatic heterocycles. The molecule has 6 heteroatoms. The number of hydrogen-bond donors (Lipinski definition) is 1. The minimum atomic E-state index is -4.60. The van der Waals surface area contributed by atoms with Crippen molar-refractivity contribution in [1.29, 1.82) is 0 Å². The Kier molecular flexibility index (Phi) is 2.32. The van der Waals surface area contributed by atoms with E-state index in [1.165, 1.54) is 0 Å². The molecule has 0 aromatic heterocycles. The van der Waals surface area contributed by atoms with Gasteiger partial charge in [-0.1, -0.05) is 23.9 Å². The van der Waals surface area contributed by atoms with E-state index in [1.807, 2.05) is 0 Å². The first-order chi connectivity index (χ1) is 6.54. The van der Waals surface area contributed by atoms with E-state index in [-0.39, 0.29) is 0 Å². The van der Waals surface area contributed by atoms with Gasteiger partial charge in [0.25, 0.3) is 0 Å². The summed E-state index contributed by atoms with van der Waals surface area (Å²) in [5.74, 6) is 0. The van der Waals surface area contributed by atoms with E-state index in [0.29, 0.717) is 5.69 Å². The SMILES string of the molecule is FC(F)(F)OC1Nc2ccccc2S1. The summed E-state index contributed by atoms with van der Waals surface area (Å²) in [5, 5.41) is 2.61. The van der Waals surface area contributed by atoms with Crippen LogP contribution in [0.4, 0.5) is 18.9 Å². The molecule has 1 aliphatic rings. The highest BCUT2D eigenvalue weighted by atomic mass is 32.2. The van der Waals surface area contributed by atoms with Crippen molar-refractivity contribution in [2.45, 2.75) is 16.8 Å². The molecule has 0 saturated heterocycles. The zero-order chi connectivity index (χ0) is 10.2. The number of para-hydroxylation sites is 1. The molecule has 1 N–H and O–H groups in total. The molecule has 0 aliphatic carbocycles. The molecule has 76 valence electrons. The van der Waals surface area contributed by atoms with E-state index in [9.17, 15) is 13.2 Å². The Morgan fingerprint density at radius 3 is 2.64 bits per heavy atom. The van der Waals surface area contributed by atoms with E-state index in [1.54, 1.807) is 24.3 Å². The van der Waals surface area contributed by atoms with Crippen LogP contribution >= 0.6 is 11.8 Å². The van der Waals surface area contributed by atoms with Gasteiger partial charge in [0.15, 0.2) is 5.56 Å². The van der Waals surface area contributed by atoms with Crippen molar-refractivity contribution < 1.29 is 17.9 Å².